The molecule has 0 amide bonds. The van der Waals surface area contributed by atoms with Crippen LogP contribution in [0.1, 0.15) is 6.92 Å². The molecule has 0 fully saturated rings. The highest BCUT2D eigenvalue weighted by Crippen LogP contribution is 1.77. The Morgan fingerprint density at radius 3 is 1.88 bits per heavy atom. The number of rotatable bonds is 4. The Morgan fingerprint density at radius 1 is 1.24 bits per heavy atom. The summed E-state index contributed by atoms with van der Waals surface area (Å²) in [6.45, 7) is 14.4. The van der Waals surface area contributed by atoms with Gasteiger partial charge in [0.25, 0.3) is 0 Å². The van der Waals surface area contributed by atoms with Gasteiger partial charge >= 0.3 is 11.9 Å². The second kappa shape index (κ2) is 19.7. The van der Waals surface area contributed by atoms with E-state index in [0.29, 0.717) is 0 Å². The molecule has 4 nitrogen and oxygen atoms in total. The van der Waals surface area contributed by atoms with Gasteiger partial charge in [-0.3, -0.25) is 4.79 Å². The van der Waals surface area contributed by atoms with Crippen molar-refractivity contribution in [2.45, 2.75) is 6.92 Å². The van der Waals surface area contributed by atoms with Crippen molar-refractivity contribution < 1.29 is 19.1 Å². The first-order valence-corrected chi connectivity index (χ1v) is 4.83. The van der Waals surface area contributed by atoms with Gasteiger partial charge in [0, 0.05) is 13.0 Å². The van der Waals surface area contributed by atoms with E-state index in [1.807, 2.05) is 0 Å². The Kier molecular flexibility index (Phi) is 23.9. The molecule has 0 aromatic rings. The molecule has 0 heterocycles. The zero-order valence-electron chi connectivity index (χ0n) is 9.86. The molecule has 0 aliphatic rings. The molecule has 0 bridgehead atoms. The summed E-state index contributed by atoms with van der Waals surface area (Å²) in [6, 6.07) is 0. The summed E-state index contributed by atoms with van der Waals surface area (Å²) >= 11 is 4.76. The van der Waals surface area contributed by atoms with Gasteiger partial charge in [-0.1, -0.05) is 44.0 Å². The van der Waals surface area contributed by atoms with Crippen LogP contribution in [-0.4, -0.2) is 18.5 Å². The van der Waals surface area contributed by atoms with Gasteiger partial charge in [-0.15, -0.1) is 0 Å². The fourth-order valence-corrected chi connectivity index (χ4v) is 0.317. The van der Waals surface area contributed by atoms with Crippen LogP contribution in [0.2, 0.25) is 0 Å². The lowest BCUT2D eigenvalue weighted by Crippen LogP contribution is -1.98. The van der Waals surface area contributed by atoms with Gasteiger partial charge in [-0.25, -0.2) is 4.79 Å². The van der Waals surface area contributed by atoms with Crippen LogP contribution in [-0.2, 0) is 19.1 Å². The van der Waals surface area contributed by atoms with Gasteiger partial charge in [0.05, 0.1) is 6.26 Å². The van der Waals surface area contributed by atoms with Crippen molar-refractivity contribution in [2.75, 3.05) is 6.61 Å². The Bertz CT molecular complexity index is 259. The molecule has 0 aromatic heterocycles. The summed E-state index contributed by atoms with van der Waals surface area (Å²) in [7, 11) is 0. The van der Waals surface area contributed by atoms with Crippen molar-refractivity contribution >= 4 is 23.5 Å². The summed E-state index contributed by atoms with van der Waals surface area (Å²) in [5.41, 5.74) is 1.22. The highest BCUT2D eigenvalue weighted by molar-refractivity contribution is 6.25. The fraction of sp³-hybridized carbons (Fsp3) is 0.167. The molecule has 0 spiro atoms. The van der Waals surface area contributed by atoms with E-state index in [1.165, 1.54) is 18.5 Å². The number of hydrogen-bond donors (Lipinski definition) is 0. The van der Waals surface area contributed by atoms with Crippen LogP contribution in [0.4, 0.5) is 0 Å². The summed E-state index contributed by atoms with van der Waals surface area (Å²) in [5, 5.41) is 0. The Hall–Kier alpha value is -1.81. The minimum atomic E-state index is -0.412. The van der Waals surface area contributed by atoms with Crippen molar-refractivity contribution in [3.05, 3.63) is 50.3 Å². The SMILES string of the molecule is C=CCOC(=O)C=C.C=CCl.C=COC(C)=O. The minimum Gasteiger partial charge on any atom is -0.458 e. The van der Waals surface area contributed by atoms with Crippen LogP contribution >= 0.6 is 11.6 Å². The normalized spacial score (nSPS) is 6.71. The van der Waals surface area contributed by atoms with E-state index in [4.69, 9.17) is 11.6 Å². The van der Waals surface area contributed by atoms with E-state index in [2.05, 4.69) is 35.8 Å². The van der Waals surface area contributed by atoms with Gasteiger partial charge in [0.1, 0.15) is 6.61 Å². The van der Waals surface area contributed by atoms with E-state index >= 15 is 0 Å². The van der Waals surface area contributed by atoms with Crippen molar-refractivity contribution in [2.24, 2.45) is 0 Å². The number of carbonyl (C=O) groups is 2. The maximum Gasteiger partial charge on any atom is 0.330 e. The second-order valence-electron chi connectivity index (χ2n) is 2.05. The molecule has 0 atom stereocenters. The summed E-state index contributed by atoms with van der Waals surface area (Å²) in [5.74, 6) is -0.741. The number of halogens is 1. The van der Waals surface area contributed by atoms with Crippen LogP contribution in [0.25, 0.3) is 0 Å². The number of hydrogen-bond acceptors (Lipinski definition) is 4. The molecule has 17 heavy (non-hydrogen) atoms. The van der Waals surface area contributed by atoms with Gasteiger partial charge in [0.2, 0.25) is 0 Å². The molecular formula is C12H17ClO4. The van der Waals surface area contributed by atoms with Gasteiger partial charge in [-0.2, -0.15) is 0 Å². The van der Waals surface area contributed by atoms with Gasteiger partial charge in [0.15, 0.2) is 0 Å². The molecule has 0 saturated carbocycles. The first kappa shape index (κ1) is 20.6. The van der Waals surface area contributed by atoms with Crippen molar-refractivity contribution in [1.29, 1.82) is 0 Å². The maximum atomic E-state index is 10.2. The van der Waals surface area contributed by atoms with Gasteiger partial charge < -0.3 is 9.47 Å². The quantitative estimate of drug-likeness (QED) is 0.337. The van der Waals surface area contributed by atoms with E-state index in [9.17, 15) is 9.59 Å². The highest BCUT2D eigenvalue weighted by atomic mass is 35.5. The van der Waals surface area contributed by atoms with Crippen LogP contribution in [0, 0.1) is 0 Å². The van der Waals surface area contributed by atoms with Crippen molar-refractivity contribution in [3.8, 4) is 0 Å². The smallest absolute Gasteiger partial charge is 0.330 e. The summed E-state index contributed by atoms with van der Waals surface area (Å²) in [6.07, 6.45) is 3.72. The third kappa shape index (κ3) is 40.8. The Labute approximate surface area is 107 Å². The Balaban J connectivity index is -0.000000193. The first-order chi connectivity index (χ1) is 7.99. The average Bonchev–Trinajstić information content (AvgIpc) is 2.27. The molecule has 96 valence electrons. The van der Waals surface area contributed by atoms with E-state index < -0.39 is 5.97 Å². The van der Waals surface area contributed by atoms with E-state index in [1.54, 1.807) is 0 Å². The van der Waals surface area contributed by atoms with Gasteiger partial charge in [-0.05, 0) is 5.54 Å². The van der Waals surface area contributed by atoms with Crippen LogP contribution in [0.5, 0.6) is 0 Å². The van der Waals surface area contributed by atoms with Crippen molar-refractivity contribution in [3.63, 3.8) is 0 Å². The topological polar surface area (TPSA) is 52.6 Å². The number of ether oxygens (including phenoxy) is 2. The van der Waals surface area contributed by atoms with E-state index in [0.717, 1.165) is 12.3 Å². The molecule has 0 rings (SSSR count). The molecule has 0 radical (unpaired) electrons. The van der Waals surface area contributed by atoms with Crippen LogP contribution in [0.3, 0.4) is 0 Å². The number of esters is 2. The lowest BCUT2D eigenvalue weighted by atomic mass is 10.6. The predicted molar refractivity (Wildman–Crippen MR) is 69.4 cm³/mol. The first-order valence-electron chi connectivity index (χ1n) is 4.39. The molecule has 0 unspecified atom stereocenters. The zero-order valence-corrected chi connectivity index (χ0v) is 10.6. The monoisotopic (exact) mass is 260 g/mol. The lowest BCUT2D eigenvalue weighted by molar-refractivity contribution is -0.137. The Morgan fingerprint density at radius 2 is 1.71 bits per heavy atom. The molecule has 0 N–H and O–H groups in total. The lowest BCUT2D eigenvalue weighted by Gasteiger charge is -1.92. The third-order valence-electron chi connectivity index (χ3n) is 0.759. The molecule has 0 aliphatic heterocycles. The summed E-state index contributed by atoms with van der Waals surface area (Å²) in [4.78, 5) is 19.9. The third-order valence-corrected chi connectivity index (χ3v) is 0.759. The predicted octanol–water partition coefficient (Wildman–Crippen LogP) is 2.96. The molecule has 0 aromatic carbocycles. The molecule has 0 saturated heterocycles. The molecule has 0 aliphatic carbocycles. The molecular weight excluding hydrogens is 244 g/mol. The largest absolute Gasteiger partial charge is 0.458 e. The zero-order chi connectivity index (χ0) is 14.1. The standard InChI is InChI=1S/C6H8O2.C4H6O2.C2H3Cl/c1-3-5-8-6(7)4-2;1-3-6-4(2)5;1-2-3/h3-4H,1-2,5H2;3H,1H2,2H3;2H,1H2. The van der Waals surface area contributed by atoms with Crippen LogP contribution in [0.15, 0.2) is 50.3 Å². The van der Waals surface area contributed by atoms with E-state index in [-0.39, 0.29) is 12.6 Å². The molecule has 5 heteroatoms. The minimum absolute atomic E-state index is 0.255. The maximum absolute atomic E-state index is 10.2. The summed E-state index contributed by atoms with van der Waals surface area (Å²) < 4.78 is 8.63. The number of carbonyl (C=O) groups excluding carboxylic acids is 2. The fourth-order valence-electron chi connectivity index (χ4n) is 0.317. The average molecular weight is 261 g/mol. The van der Waals surface area contributed by atoms with Crippen LogP contribution < -0.4 is 0 Å². The highest BCUT2D eigenvalue weighted by Gasteiger charge is 1.87. The second-order valence-corrected chi connectivity index (χ2v) is 2.36. The van der Waals surface area contributed by atoms with Crippen molar-refractivity contribution in [1.82, 2.24) is 0 Å².